The molecule has 0 bridgehead atoms. The Morgan fingerprint density at radius 3 is 2.62 bits per heavy atom. The van der Waals surface area contributed by atoms with E-state index < -0.39 is 0 Å². The van der Waals surface area contributed by atoms with Crippen molar-refractivity contribution < 1.29 is 4.42 Å². The summed E-state index contributed by atoms with van der Waals surface area (Å²) in [4.78, 5) is 9.00. The second-order valence-electron chi connectivity index (χ2n) is 6.61. The monoisotopic (exact) mass is 346 g/mol. The first-order valence-electron chi connectivity index (χ1n) is 9.12. The molecule has 2 heterocycles. The van der Waals surface area contributed by atoms with E-state index in [0.29, 0.717) is 23.9 Å². The normalized spacial score (nSPS) is 15.3. The van der Waals surface area contributed by atoms with Crippen molar-refractivity contribution in [3.8, 4) is 6.07 Å². The molecule has 1 aromatic heterocycles. The maximum absolute atomic E-state index is 9.49. The van der Waals surface area contributed by atoms with Gasteiger partial charge >= 0.3 is 0 Å². The fourth-order valence-corrected chi connectivity index (χ4v) is 3.59. The number of fused-ring (bicyclic) bond motifs is 1. The second kappa shape index (κ2) is 7.19. The number of piperazine rings is 1. The number of oxazole rings is 1. The summed E-state index contributed by atoms with van der Waals surface area (Å²) in [6.07, 6.45) is 0.588. The van der Waals surface area contributed by atoms with Crippen molar-refractivity contribution in [2.45, 2.75) is 13.3 Å². The minimum atomic E-state index is 0.394. The summed E-state index contributed by atoms with van der Waals surface area (Å²) in [5, 5.41) is 11.9. The predicted octanol–water partition coefficient (Wildman–Crippen LogP) is 3.43. The summed E-state index contributed by atoms with van der Waals surface area (Å²) in [7, 11) is 0. The number of anilines is 1. The minimum absolute atomic E-state index is 0.394. The largest absolute Gasteiger partial charge is 0.423 e. The van der Waals surface area contributed by atoms with Crippen molar-refractivity contribution in [2.75, 3.05) is 37.6 Å². The third kappa shape index (κ3) is 3.16. The van der Waals surface area contributed by atoms with Gasteiger partial charge in [-0.3, -0.25) is 0 Å². The van der Waals surface area contributed by atoms with Crippen molar-refractivity contribution in [3.05, 3.63) is 59.6 Å². The third-order valence-electron chi connectivity index (χ3n) is 5.09. The zero-order valence-electron chi connectivity index (χ0n) is 15.0. The van der Waals surface area contributed by atoms with Gasteiger partial charge in [-0.05, 0) is 22.9 Å². The molecule has 0 spiro atoms. The lowest BCUT2D eigenvalue weighted by Crippen LogP contribution is -2.46. The molecule has 3 aromatic rings. The lowest BCUT2D eigenvalue weighted by atomic mass is 10.0. The molecular weight excluding hydrogens is 324 g/mol. The van der Waals surface area contributed by atoms with Crippen molar-refractivity contribution in [3.63, 3.8) is 0 Å². The maximum atomic E-state index is 9.49. The van der Waals surface area contributed by atoms with E-state index in [9.17, 15) is 5.26 Å². The van der Waals surface area contributed by atoms with Gasteiger partial charge in [0.25, 0.3) is 0 Å². The Labute approximate surface area is 153 Å². The van der Waals surface area contributed by atoms with Crippen molar-refractivity contribution >= 4 is 16.7 Å². The van der Waals surface area contributed by atoms with Crippen LogP contribution in [-0.4, -0.2) is 42.6 Å². The lowest BCUT2D eigenvalue weighted by Gasteiger charge is -2.33. The highest BCUT2D eigenvalue weighted by Gasteiger charge is 2.23. The van der Waals surface area contributed by atoms with E-state index >= 15 is 0 Å². The Kier molecular flexibility index (Phi) is 4.59. The molecule has 0 atom stereocenters. The Hall–Kier alpha value is -2.84. The summed E-state index contributed by atoms with van der Waals surface area (Å²) in [6.45, 7) is 6.94. The van der Waals surface area contributed by atoms with E-state index in [1.165, 1.54) is 10.8 Å². The highest BCUT2D eigenvalue weighted by molar-refractivity contribution is 5.85. The maximum Gasteiger partial charge on any atom is 0.234 e. The Bertz CT molecular complexity index is 943. The minimum Gasteiger partial charge on any atom is -0.423 e. The molecule has 132 valence electrons. The molecule has 1 saturated heterocycles. The third-order valence-corrected chi connectivity index (χ3v) is 5.09. The molecule has 2 aromatic carbocycles. The van der Waals surface area contributed by atoms with Gasteiger partial charge in [0.2, 0.25) is 17.5 Å². The molecule has 0 unspecified atom stereocenters. The number of benzene rings is 2. The van der Waals surface area contributed by atoms with Gasteiger partial charge in [0.1, 0.15) is 6.07 Å². The molecule has 1 aliphatic heterocycles. The average Bonchev–Trinajstić information content (AvgIpc) is 3.11. The number of nitriles is 1. The SMILES string of the molecule is CCN1CCN(c2oc(Cc3cccc4ccccc34)nc2C#N)CC1. The first-order chi connectivity index (χ1) is 12.8. The molecule has 5 heteroatoms. The molecule has 0 radical (unpaired) electrons. The van der Waals surface area contributed by atoms with Gasteiger partial charge in [-0.1, -0.05) is 49.4 Å². The highest BCUT2D eigenvalue weighted by Crippen LogP contribution is 2.26. The van der Waals surface area contributed by atoms with Crippen LogP contribution in [0.5, 0.6) is 0 Å². The van der Waals surface area contributed by atoms with E-state index in [2.05, 4.69) is 58.1 Å². The van der Waals surface area contributed by atoms with Crippen LogP contribution in [-0.2, 0) is 6.42 Å². The zero-order valence-corrected chi connectivity index (χ0v) is 15.0. The summed E-state index contributed by atoms with van der Waals surface area (Å²) < 4.78 is 6.04. The van der Waals surface area contributed by atoms with E-state index in [1.54, 1.807) is 0 Å². The fraction of sp³-hybridized carbons (Fsp3) is 0.333. The Balaban J connectivity index is 1.60. The zero-order chi connectivity index (χ0) is 17.9. The lowest BCUT2D eigenvalue weighted by molar-refractivity contribution is 0.266. The Morgan fingerprint density at radius 1 is 1.08 bits per heavy atom. The quantitative estimate of drug-likeness (QED) is 0.724. The summed E-state index contributed by atoms with van der Waals surface area (Å²) in [5.41, 5.74) is 1.56. The van der Waals surface area contributed by atoms with E-state index in [-0.39, 0.29) is 0 Å². The number of hydrogen-bond donors (Lipinski definition) is 0. The van der Waals surface area contributed by atoms with Gasteiger partial charge < -0.3 is 14.2 Å². The van der Waals surface area contributed by atoms with Gasteiger partial charge in [0, 0.05) is 26.2 Å². The Morgan fingerprint density at radius 2 is 1.85 bits per heavy atom. The second-order valence-corrected chi connectivity index (χ2v) is 6.61. The van der Waals surface area contributed by atoms with E-state index in [1.807, 2.05) is 12.1 Å². The van der Waals surface area contributed by atoms with Crippen LogP contribution >= 0.6 is 0 Å². The van der Waals surface area contributed by atoms with E-state index in [0.717, 1.165) is 38.3 Å². The molecule has 1 fully saturated rings. The molecule has 1 aliphatic rings. The number of rotatable bonds is 4. The molecule has 0 saturated carbocycles. The molecule has 5 nitrogen and oxygen atoms in total. The van der Waals surface area contributed by atoms with Crippen molar-refractivity contribution in [2.24, 2.45) is 0 Å². The fourth-order valence-electron chi connectivity index (χ4n) is 3.59. The van der Waals surface area contributed by atoms with Gasteiger partial charge in [-0.2, -0.15) is 5.26 Å². The van der Waals surface area contributed by atoms with Crippen LogP contribution in [0.2, 0.25) is 0 Å². The van der Waals surface area contributed by atoms with Crippen LogP contribution in [0.4, 0.5) is 5.88 Å². The van der Waals surface area contributed by atoms with Crippen LogP contribution in [0.3, 0.4) is 0 Å². The molecule has 0 N–H and O–H groups in total. The first kappa shape index (κ1) is 16.6. The van der Waals surface area contributed by atoms with Gasteiger partial charge in [0.15, 0.2) is 0 Å². The summed E-state index contributed by atoms with van der Waals surface area (Å²) in [6, 6.07) is 16.8. The van der Waals surface area contributed by atoms with E-state index in [4.69, 9.17) is 4.42 Å². The van der Waals surface area contributed by atoms with Gasteiger partial charge in [-0.25, -0.2) is 4.98 Å². The van der Waals surface area contributed by atoms with Gasteiger partial charge in [-0.15, -0.1) is 0 Å². The number of likely N-dealkylation sites (N-methyl/N-ethyl adjacent to an activating group) is 1. The molecule has 26 heavy (non-hydrogen) atoms. The predicted molar refractivity (Wildman–Crippen MR) is 102 cm³/mol. The average molecular weight is 346 g/mol. The van der Waals surface area contributed by atoms with Crippen LogP contribution < -0.4 is 4.90 Å². The summed E-state index contributed by atoms with van der Waals surface area (Å²) >= 11 is 0. The first-order valence-corrected chi connectivity index (χ1v) is 9.12. The molecule has 0 amide bonds. The number of hydrogen-bond acceptors (Lipinski definition) is 5. The van der Waals surface area contributed by atoms with Gasteiger partial charge in [0.05, 0.1) is 6.42 Å². The molecular formula is C21H22N4O. The number of aromatic nitrogens is 1. The van der Waals surface area contributed by atoms with Crippen molar-refractivity contribution in [1.29, 1.82) is 5.26 Å². The standard InChI is InChI=1S/C21H22N4O/c1-2-24-10-12-25(13-11-24)21-19(15-22)23-20(26-21)14-17-8-5-7-16-6-3-4-9-18(16)17/h3-9H,2,10-14H2,1H3. The van der Waals surface area contributed by atoms with Crippen LogP contribution in [0.1, 0.15) is 24.1 Å². The summed E-state index contributed by atoms with van der Waals surface area (Å²) in [5.74, 6) is 1.23. The van der Waals surface area contributed by atoms with Crippen LogP contribution in [0.15, 0.2) is 46.9 Å². The number of nitrogens with zero attached hydrogens (tertiary/aromatic N) is 4. The smallest absolute Gasteiger partial charge is 0.234 e. The van der Waals surface area contributed by atoms with Crippen LogP contribution in [0, 0.1) is 11.3 Å². The highest BCUT2D eigenvalue weighted by atomic mass is 16.4. The van der Waals surface area contributed by atoms with Crippen molar-refractivity contribution in [1.82, 2.24) is 9.88 Å². The molecule has 0 aliphatic carbocycles. The molecule has 4 rings (SSSR count). The topological polar surface area (TPSA) is 56.3 Å². The van der Waals surface area contributed by atoms with Crippen LogP contribution in [0.25, 0.3) is 10.8 Å².